The number of hydrogen-bond donors (Lipinski definition) is 2. The van der Waals surface area contributed by atoms with E-state index in [1.807, 2.05) is 37.1 Å². The van der Waals surface area contributed by atoms with Crippen molar-refractivity contribution in [2.24, 2.45) is 0 Å². The first kappa shape index (κ1) is 25.6. The molecule has 0 bridgehead atoms. The average Bonchev–Trinajstić information content (AvgIpc) is 2.85. The van der Waals surface area contributed by atoms with Gasteiger partial charge in [-0.3, -0.25) is 14.5 Å². The zero-order valence-electron chi connectivity index (χ0n) is 20.5. The third kappa shape index (κ3) is 7.22. The van der Waals surface area contributed by atoms with Crippen molar-refractivity contribution < 1.29 is 23.8 Å². The number of likely N-dealkylation sites (N-methyl/N-ethyl adjacent to an activating group) is 1. The predicted molar refractivity (Wildman–Crippen MR) is 137 cm³/mol. The van der Waals surface area contributed by atoms with Gasteiger partial charge in [0.2, 0.25) is 5.91 Å². The van der Waals surface area contributed by atoms with Crippen LogP contribution >= 0.6 is 0 Å². The minimum absolute atomic E-state index is 0.142. The fraction of sp³-hybridized carbons (Fsp3) is 0.259. The first-order valence-electron chi connectivity index (χ1n) is 11.3. The van der Waals surface area contributed by atoms with Gasteiger partial charge in [0.15, 0.2) is 11.5 Å². The van der Waals surface area contributed by atoms with Crippen LogP contribution < -0.4 is 24.8 Å². The van der Waals surface area contributed by atoms with Gasteiger partial charge in [0.25, 0.3) is 5.91 Å². The van der Waals surface area contributed by atoms with E-state index in [0.717, 1.165) is 11.3 Å². The number of anilines is 2. The highest BCUT2D eigenvalue weighted by Gasteiger charge is 2.15. The van der Waals surface area contributed by atoms with Gasteiger partial charge >= 0.3 is 0 Å². The zero-order valence-corrected chi connectivity index (χ0v) is 20.5. The Kier molecular flexibility index (Phi) is 9.09. The summed E-state index contributed by atoms with van der Waals surface area (Å²) >= 11 is 0. The fourth-order valence-corrected chi connectivity index (χ4v) is 3.57. The highest BCUT2D eigenvalue weighted by molar-refractivity contribution is 6.10. The minimum Gasteiger partial charge on any atom is -0.494 e. The van der Waals surface area contributed by atoms with Gasteiger partial charge in [0, 0.05) is 12.2 Å². The molecular weight excluding hydrogens is 446 g/mol. The summed E-state index contributed by atoms with van der Waals surface area (Å²) in [7, 11) is 5.02. The van der Waals surface area contributed by atoms with Gasteiger partial charge in [-0.1, -0.05) is 18.2 Å². The van der Waals surface area contributed by atoms with Crippen LogP contribution in [0.3, 0.4) is 0 Å². The van der Waals surface area contributed by atoms with Crippen molar-refractivity contribution in [1.82, 2.24) is 4.90 Å². The molecule has 0 saturated carbocycles. The van der Waals surface area contributed by atoms with E-state index in [9.17, 15) is 9.59 Å². The van der Waals surface area contributed by atoms with E-state index in [2.05, 4.69) is 10.6 Å². The average molecular weight is 478 g/mol. The molecule has 0 fully saturated rings. The van der Waals surface area contributed by atoms with E-state index in [4.69, 9.17) is 14.2 Å². The van der Waals surface area contributed by atoms with E-state index in [1.54, 1.807) is 62.8 Å². The molecule has 0 heterocycles. The van der Waals surface area contributed by atoms with Gasteiger partial charge in [-0.25, -0.2) is 0 Å². The van der Waals surface area contributed by atoms with E-state index < -0.39 is 0 Å². The lowest BCUT2D eigenvalue weighted by Crippen LogP contribution is -2.30. The molecule has 184 valence electrons. The number of hydrogen-bond acceptors (Lipinski definition) is 6. The lowest BCUT2D eigenvalue weighted by Gasteiger charge is -2.18. The Hall–Kier alpha value is -4.04. The molecule has 3 aromatic carbocycles. The number of benzene rings is 3. The second-order valence-corrected chi connectivity index (χ2v) is 7.87. The molecule has 0 unspecified atom stereocenters. The fourth-order valence-electron chi connectivity index (χ4n) is 3.57. The topological polar surface area (TPSA) is 89.1 Å². The second kappa shape index (κ2) is 12.4. The monoisotopic (exact) mass is 477 g/mol. The molecule has 3 aromatic rings. The van der Waals surface area contributed by atoms with Gasteiger partial charge in [0.1, 0.15) is 5.75 Å². The summed E-state index contributed by atoms with van der Waals surface area (Å²) in [5, 5.41) is 5.71. The molecule has 2 N–H and O–H groups in total. The van der Waals surface area contributed by atoms with Crippen LogP contribution in [0.15, 0.2) is 66.7 Å². The highest BCUT2D eigenvalue weighted by atomic mass is 16.5. The van der Waals surface area contributed by atoms with Crippen molar-refractivity contribution >= 4 is 23.2 Å². The van der Waals surface area contributed by atoms with E-state index >= 15 is 0 Å². The van der Waals surface area contributed by atoms with Crippen molar-refractivity contribution in [3.05, 3.63) is 77.9 Å². The quantitative estimate of drug-likeness (QED) is 0.425. The van der Waals surface area contributed by atoms with Gasteiger partial charge in [-0.2, -0.15) is 0 Å². The summed E-state index contributed by atoms with van der Waals surface area (Å²) in [6.07, 6.45) is 0. The van der Waals surface area contributed by atoms with Crippen molar-refractivity contribution in [1.29, 1.82) is 0 Å². The number of nitrogens with zero attached hydrogens (tertiary/aromatic N) is 1. The molecule has 0 atom stereocenters. The summed E-state index contributed by atoms with van der Waals surface area (Å²) < 4.78 is 16.0. The Bertz CT molecular complexity index is 1150. The Labute approximate surface area is 205 Å². The van der Waals surface area contributed by atoms with Gasteiger partial charge in [0.05, 0.1) is 38.6 Å². The molecular formula is C27H31N3O5. The SMILES string of the molecule is CCOc1ccc(NC(=O)c2ccccc2NC(=O)CN(C)Cc2ccc(OC)c(OC)c2)cc1. The number of carbonyl (C=O) groups excluding carboxylic acids is 2. The normalized spacial score (nSPS) is 10.5. The molecule has 0 aliphatic carbocycles. The van der Waals surface area contributed by atoms with Crippen molar-refractivity contribution in [2.45, 2.75) is 13.5 Å². The summed E-state index contributed by atoms with van der Waals surface area (Å²) in [6, 6.07) is 19.7. The minimum atomic E-state index is -0.316. The van der Waals surface area contributed by atoms with Crippen molar-refractivity contribution in [3.8, 4) is 17.2 Å². The van der Waals surface area contributed by atoms with Crippen LogP contribution in [0.25, 0.3) is 0 Å². The van der Waals surface area contributed by atoms with E-state index in [1.165, 1.54) is 0 Å². The van der Waals surface area contributed by atoms with Crippen LogP contribution in [-0.2, 0) is 11.3 Å². The molecule has 0 aromatic heterocycles. The highest BCUT2D eigenvalue weighted by Crippen LogP contribution is 2.28. The third-order valence-electron chi connectivity index (χ3n) is 5.18. The summed E-state index contributed by atoms with van der Waals surface area (Å²) in [6.45, 7) is 3.16. The lowest BCUT2D eigenvalue weighted by atomic mass is 10.1. The van der Waals surface area contributed by atoms with Crippen molar-refractivity contribution in [3.63, 3.8) is 0 Å². The van der Waals surface area contributed by atoms with Crippen LogP contribution in [0.1, 0.15) is 22.8 Å². The molecule has 0 saturated heterocycles. The Morgan fingerprint density at radius 3 is 2.29 bits per heavy atom. The van der Waals surface area contributed by atoms with Crippen molar-refractivity contribution in [2.75, 3.05) is 45.1 Å². The molecule has 0 radical (unpaired) electrons. The second-order valence-electron chi connectivity index (χ2n) is 7.87. The maximum atomic E-state index is 12.9. The molecule has 0 aliphatic heterocycles. The smallest absolute Gasteiger partial charge is 0.257 e. The maximum Gasteiger partial charge on any atom is 0.257 e. The van der Waals surface area contributed by atoms with E-state index in [0.29, 0.717) is 41.6 Å². The summed E-state index contributed by atoms with van der Waals surface area (Å²) in [4.78, 5) is 27.5. The molecule has 8 nitrogen and oxygen atoms in total. The number of para-hydroxylation sites is 1. The lowest BCUT2D eigenvalue weighted by molar-refractivity contribution is -0.117. The summed E-state index contributed by atoms with van der Waals surface area (Å²) in [5.74, 6) is 1.47. The Balaban J connectivity index is 1.61. The number of carbonyl (C=O) groups is 2. The van der Waals surface area contributed by atoms with Crippen LogP contribution in [0.2, 0.25) is 0 Å². The number of amides is 2. The van der Waals surface area contributed by atoms with Crippen LogP contribution in [-0.4, -0.2) is 51.1 Å². The standard InChI is InChI=1S/C27H31N3O5/c1-5-35-21-13-11-20(12-14-21)28-27(32)22-8-6-7-9-23(22)29-26(31)18-30(2)17-19-10-15-24(33-3)25(16-19)34-4/h6-16H,5,17-18H2,1-4H3,(H,28,32)(H,29,31). The molecule has 8 heteroatoms. The van der Waals surface area contributed by atoms with Crippen LogP contribution in [0.4, 0.5) is 11.4 Å². The number of rotatable bonds is 11. The number of ether oxygens (including phenoxy) is 3. The third-order valence-corrected chi connectivity index (χ3v) is 5.18. The molecule has 35 heavy (non-hydrogen) atoms. The zero-order chi connectivity index (χ0) is 25.2. The Morgan fingerprint density at radius 1 is 0.886 bits per heavy atom. The molecule has 3 rings (SSSR count). The first-order chi connectivity index (χ1) is 16.9. The number of methoxy groups -OCH3 is 2. The van der Waals surface area contributed by atoms with E-state index in [-0.39, 0.29) is 18.4 Å². The number of nitrogens with one attached hydrogen (secondary N) is 2. The molecule has 0 spiro atoms. The molecule has 2 amide bonds. The largest absolute Gasteiger partial charge is 0.494 e. The van der Waals surface area contributed by atoms with Gasteiger partial charge in [-0.05, 0) is 68.1 Å². The predicted octanol–water partition coefficient (Wildman–Crippen LogP) is 4.43. The Morgan fingerprint density at radius 2 is 1.60 bits per heavy atom. The van der Waals surface area contributed by atoms with Crippen LogP contribution in [0.5, 0.6) is 17.2 Å². The first-order valence-corrected chi connectivity index (χ1v) is 11.3. The molecule has 0 aliphatic rings. The maximum absolute atomic E-state index is 12.9. The summed E-state index contributed by atoms with van der Waals surface area (Å²) in [5.41, 5.74) is 2.43. The van der Waals surface area contributed by atoms with Crippen LogP contribution in [0, 0.1) is 0 Å². The van der Waals surface area contributed by atoms with Gasteiger partial charge < -0.3 is 24.8 Å². The van der Waals surface area contributed by atoms with Gasteiger partial charge in [-0.15, -0.1) is 0 Å².